The molecule has 0 bridgehead atoms. The molecule has 2 aromatic carbocycles. The van der Waals surface area contributed by atoms with E-state index >= 15 is 0 Å². The Balaban J connectivity index is 1.95. The second kappa shape index (κ2) is 12.8. The van der Waals surface area contributed by atoms with Gasteiger partial charge in [0.05, 0.1) is 18.6 Å². The maximum atomic E-state index is 14.0. The number of amides is 1. The molecule has 4 rings (SSSR count). The Morgan fingerprint density at radius 1 is 1.05 bits per heavy atom. The predicted octanol–water partition coefficient (Wildman–Crippen LogP) is 5.69. The standard InChI is InChI=1S/C31H32FN3O6/c1-18(2)35-25(14-13-23(36)16-24(37)17-27(38)39)28(21-9-11-22(32)12-10-21)29(20-7-5-4-6-8-20)30(35)31(40)33-26-15-19(3)41-34-26/h4-15,18,23-24,36-37H,16-17H2,1-3H3,(H,38,39)(H,33,34,40)/t23?,24-/m0/s1. The Kier molecular flexibility index (Phi) is 9.16. The number of anilines is 1. The van der Waals surface area contributed by atoms with E-state index in [1.54, 1.807) is 31.2 Å². The number of carbonyl (C=O) groups is 2. The molecule has 10 heteroatoms. The second-order valence-corrected chi connectivity index (χ2v) is 10.0. The third-order valence-corrected chi connectivity index (χ3v) is 6.44. The van der Waals surface area contributed by atoms with Gasteiger partial charge >= 0.3 is 5.97 Å². The molecule has 0 saturated carbocycles. The summed E-state index contributed by atoms with van der Waals surface area (Å²) in [7, 11) is 0. The Bertz CT molecular complexity index is 1540. The van der Waals surface area contributed by atoms with E-state index in [0.717, 1.165) is 5.56 Å². The number of aliphatic hydroxyl groups excluding tert-OH is 2. The molecule has 2 heterocycles. The summed E-state index contributed by atoms with van der Waals surface area (Å²) >= 11 is 0. The molecule has 0 saturated heterocycles. The molecular weight excluding hydrogens is 529 g/mol. The number of halogens is 1. The highest BCUT2D eigenvalue weighted by atomic mass is 19.1. The highest BCUT2D eigenvalue weighted by Crippen LogP contribution is 2.42. The summed E-state index contributed by atoms with van der Waals surface area (Å²) in [5, 5.41) is 36.3. The number of benzene rings is 2. The Morgan fingerprint density at radius 3 is 2.29 bits per heavy atom. The molecular formula is C31H32FN3O6. The minimum atomic E-state index is -1.24. The zero-order chi connectivity index (χ0) is 29.7. The average Bonchev–Trinajstić information content (AvgIpc) is 3.48. The number of aromatic nitrogens is 2. The highest BCUT2D eigenvalue weighted by molar-refractivity contribution is 6.11. The summed E-state index contributed by atoms with van der Waals surface area (Å²) in [6, 6.07) is 16.6. The number of aliphatic hydroxyl groups is 2. The molecule has 2 aromatic heterocycles. The van der Waals surface area contributed by atoms with Crippen LogP contribution in [0.4, 0.5) is 10.2 Å². The van der Waals surface area contributed by atoms with Crippen molar-refractivity contribution in [3.05, 3.63) is 89.7 Å². The van der Waals surface area contributed by atoms with Crippen LogP contribution in [0.5, 0.6) is 0 Å². The number of hydrogen-bond donors (Lipinski definition) is 4. The molecule has 4 N–H and O–H groups in total. The SMILES string of the molecule is Cc1cc(NC(=O)c2c(-c3ccccc3)c(-c3ccc(F)cc3)c(C=CC(O)C[C@H](O)CC(=O)O)n2C(C)C)no1. The third-order valence-electron chi connectivity index (χ3n) is 6.44. The predicted molar refractivity (Wildman–Crippen MR) is 153 cm³/mol. The van der Waals surface area contributed by atoms with E-state index < -0.39 is 36.3 Å². The fraction of sp³-hybridized carbons (Fsp3) is 0.258. The zero-order valence-corrected chi connectivity index (χ0v) is 22.9. The lowest BCUT2D eigenvalue weighted by molar-refractivity contribution is -0.139. The van der Waals surface area contributed by atoms with Gasteiger partial charge in [0.2, 0.25) is 0 Å². The normalized spacial score (nSPS) is 13.0. The van der Waals surface area contributed by atoms with E-state index in [1.807, 2.05) is 48.7 Å². The van der Waals surface area contributed by atoms with Gasteiger partial charge in [-0.25, -0.2) is 4.39 Å². The van der Waals surface area contributed by atoms with Gasteiger partial charge in [-0.3, -0.25) is 9.59 Å². The Labute approximate surface area is 236 Å². The number of hydrogen-bond acceptors (Lipinski definition) is 6. The number of carbonyl (C=O) groups excluding carboxylic acids is 1. The van der Waals surface area contributed by atoms with E-state index in [4.69, 9.17) is 9.63 Å². The Morgan fingerprint density at radius 2 is 1.71 bits per heavy atom. The summed E-state index contributed by atoms with van der Waals surface area (Å²) < 4.78 is 20.9. The number of aryl methyl sites for hydroxylation is 1. The van der Waals surface area contributed by atoms with E-state index in [-0.39, 0.29) is 18.3 Å². The molecule has 1 unspecified atom stereocenters. The largest absolute Gasteiger partial charge is 0.481 e. The first-order valence-electron chi connectivity index (χ1n) is 13.2. The number of aliphatic carboxylic acids is 1. The van der Waals surface area contributed by atoms with Crippen LogP contribution in [-0.2, 0) is 4.79 Å². The van der Waals surface area contributed by atoms with Gasteiger partial charge in [0.25, 0.3) is 5.91 Å². The van der Waals surface area contributed by atoms with Crippen LogP contribution in [0.1, 0.15) is 54.7 Å². The van der Waals surface area contributed by atoms with Gasteiger partial charge in [0, 0.05) is 35.3 Å². The summed E-state index contributed by atoms with van der Waals surface area (Å²) in [5.41, 5.74) is 3.45. The molecule has 4 aromatic rings. The molecule has 9 nitrogen and oxygen atoms in total. The fourth-order valence-electron chi connectivity index (χ4n) is 4.77. The molecule has 0 aliphatic rings. The summed E-state index contributed by atoms with van der Waals surface area (Å²) in [6.07, 6.45) is -0.0203. The minimum absolute atomic E-state index is 0.193. The van der Waals surface area contributed by atoms with E-state index in [9.17, 15) is 24.2 Å². The number of nitrogens with zero attached hydrogens (tertiary/aromatic N) is 2. The molecule has 1 amide bonds. The van der Waals surface area contributed by atoms with Crippen molar-refractivity contribution >= 4 is 23.8 Å². The number of carboxylic acid groups (broad SMARTS) is 1. The molecule has 0 aliphatic carbocycles. The van der Waals surface area contributed by atoms with Crippen molar-refractivity contribution in [2.45, 2.75) is 51.9 Å². The first kappa shape index (κ1) is 29.4. The van der Waals surface area contributed by atoms with Gasteiger partial charge in [-0.2, -0.15) is 0 Å². The highest BCUT2D eigenvalue weighted by Gasteiger charge is 2.30. The van der Waals surface area contributed by atoms with Crippen LogP contribution in [0.2, 0.25) is 0 Å². The molecule has 41 heavy (non-hydrogen) atoms. The van der Waals surface area contributed by atoms with Crippen LogP contribution < -0.4 is 5.32 Å². The molecule has 214 valence electrons. The lowest BCUT2D eigenvalue weighted by Crippen LogP contribution is -2.20. The minimum Gasteiger partial charge on any atom is -0.481 e. The smallest absolute Gasteiger partial charge is 0.305 e. The van der Waals surface area contributed by atoms with Gasteiger partial charge in [-0.1, -0.05) is 53.7 Å². The van der Waals surface area contributed by atoms with Crippen molar-refractivity contribution in [2.75, 3.05) is 5.32 Å². The maximum absolute atomic E-state index is 14.0. The number of nitrogens with one attached hydrogen (secondary N) is 1. The first-order valence-corrected chi connectivity index (χ1v) is 13.2. The topological polar surface area (TPSA) is 138 Å². The van der Waals surface area contributed by atoms with Crippen LogP contribution in [0.25, 0.3) is 28.3 Å². The average molecular weight is 562 g/mol. The number of carboxylic acids is 1. The first-order chi connectivity index (χ1) is 19.5. The van der Waals surface area contributed by atoms with Crippen molar-refractivity contribution in [1.29, 1.82) is 0 Å². The Hall–Kier alpha value is -4.54. The molecule has 0 spiro atoms. The van der Waals surface area contributed by atoms with Gasteiger partial charge in [0.15, 0.2) is 5.82 Å². The lowest BCUT2D eigenvalue weighted by atomic mass is 9.94. The van der Waals surface area contributed by atoms with Crippen molar-refractivity contribution in [2.24, 2.45) is 0 Å². The van der Waals surface area contributed by atoms with E-state index in [2.05, 4.69) is 10.5 Å². The van der Waals surface area contributed by atoms with Crippen LogP contribution in [0, 0.1) is 12.7 Å². The van der Waals surface area contributed by atoms with Crippen molar-refractivity contribution in [3.8, 4) is 22.3 Å². The van der Waals surface area contributed by atoms with E-state index in [0.29, 0.717) is 33.8 Å². The zero-order valence-electron chi connectivity index (χ0n) is 22.9. The number of rotatable bonds is 11. The third kappa shape index (κ3) is 6.97. The van der Waals surface area contributed by atoms with Crippen molar-refractivity contribution < 1.29 is 33.8 Å². The molecule has 0 radical (unpaired) electrons. The summed E-state index contributed by atoms with van der Waals surface area (Å²) in [5.74, 6) is -1.28. The van der Waals surface area contributed by atoms with E-state index in [1.165, 1.54) is 18.2 Å². The van der Waals surface area contributed by atoms with Crippen LogP contribution in [-0.4, -0.2) is 49.1 Å². The van der Waals surface area contributed by atoms with Gasteiger partial charge in [-0.15, -0.1) is 0 Å². The monoisotopic (exact) mass is 561 g/mol. The van der Waals surface area contributed by atoms with Crippen LogP contribution in [0.3, 0.4) is 0 Å². The maximum Gasteiger partial charge on any atom is 0.305 e. The van der Waals surface area contributed by atoms with Crippen molar-refractivity contribution in [1.82, 2.24) is 9.72 Å². The molecule has 2 atom stereocenters. The fourth-order valence-corrected chi connectivity index (χ4v) is 4.77. The van der Waals surface area contributed by atoms with Crippen molar-refractivity contribution in [3.63, 3.8) is 0 Å². The molecule has 0 fully saturated rings. The molecule has 0 aliphatic heterocycles. The van der Waals surface area contributed by atoms with Gasteiger partial charge in [0.1, 0.15) is 17.3 Å². The summed E-state index contributed by atoms with van der Waals surface area (Å²) in [6.45, 7) is 5.53. The van der Waals surface area contributed by atoms with Gasteiger partial charge in [-0.05, 0) is 50.1 Å². The van der Waals surface area contributed by atoms with Crippen LogP contribution in [0.15, 0.2) is 71.3 Å². The van der Waals surface area contributed by atoms with Gasteiger partial charge < -0.3 is 29.7 Å². The second-order valence-electron chi connectivity index (χ2n) is 10.0. The quantitative estimate of drug-likeness (QED) is 0.185. The summed E-state index contributed by atoms with van der Waals surface area (Å²) in [4.78, 5) is 24.9. The lowest BCUT2D eigenvalue weighted by Gasteiger charge is -2.17. The van der Waals surface area contributed by atoms with Crippen LogP contribution >= 0.6 is 0 Å².